The van der Waals surface area contributed by atoms with Crippen molar-refractivity contribution in [3.05, 3.63) is 65.6 Å². The molecule has 3 aromatic rings. The number of fused-ring (bicyclic) bond motifs is 2. The number of benzene rings is 2. The number of carbonyl (C=O) groups is 1. The summed E-state index contributed by atoms with van der Waals surface area (Å²) in [7, 11) is 0. The Hall–Kier alpha value is -2.66. The Morgan fingerprint density at radius 2 is 1.94 bits per heavy atom. The second-order valence-corrected chi connectivity index (χ2v) is 9.03. The van der Waals surface area contributed by atoms with Gasteiger partial charge in [-0.2, -0.15) is 0 Å². The largest absolute Gasteiger partial charge is 0.490 e. The fraction of sp³-hybridized carbons (Fsp3) is 0.360. The molecule has 0 spiro atoms. The number of hydrogen-bond donors (Lipinski definition) is 1. The Labute approximate surface area is 185 Å². The Bertz CT molecular complexity index is 1110. The molecule has 1 aromatic heterocycles. The number of amides is 1. The van der Waals surface area contributed by atoms with E-state index in [1.807, 2.05) is 12.1 Å². The van der Waals surface area contributed by atoms with Crippen molar-refractivity contribution < 1.29 is 13.9 Å². The first-order valence-electron chi connectivity index (χ1n) is 10.8. The maximum Gasteiger partial charge on any atom is 0.227 e. The molecule has 2 aromatic carbocycles. The highest BCUT2D eigenvalue weighted by molar-refractivity contribution is 6.30. The topological polar surface area (TPSA) is 51.2 Å². The summed E-state index contributed by atoms with van der Waals surface area (Å²) >= 11 is 5.93. The van der Waals surface area contributed by atoms with E-state index in [-0.39, 0.29) is 23.7 Å². The molecule has 2 aliphatic rings. The van der Waals surface area contributed by atoms with Crippen LogP contribution < -0.4 is 10.1 Å². The van der Waals surface area contributed by atoms with E-state index in [1.54, 1.807) is 30.5 Å². The molecule has 1 unspecified atom stereocenters. The van der Waals surface area contributed by atoms with Gasteiger partial charge in [0.2, 0.25) is 5.91 Å². The molecule has 0 radical (unpaired) electrons. The molecule has 31 heavy (non-hydrogen) atoms. The zero-order valence-electron chi connectivity index (χ0n) is 17.2. The summed E-state index contributed by atoms with van der Waals surface area (Å²) in [6.07, 6.45) is 4.47. The predicted octanol–water partition coefficient (Wildman–Crippen LogP) is 6.10. The highest BCUT2D eigenvalue weighted by Gasteiger charge is 2.60. The zero-order chi connectivity index (χ0) is 21.5. The Morgan fingerprint density at radius 1 is 1.19 bits per heavy atom. The van der Waals surface area contributed by atoms with E-state index in [1.165, 1.54) is 12.1 Å². The molecule has 1 amide bonds. The average molecular weight is 439 g/mol. The van der Waals surface area contributed by atoms with Crippen molar-refractivity contribution in [2.75, 3.05) is 5.32 Å². The van der Waals surface area contributed by atoms with Crippen LogP contribution in [-0.4, -0.2) is 17.0 Å². The molecular formula is C25H24ClFN2O2. The van der Waals surface area contributed by atoms with Gasteiger partial charge < -0.3 is 10.1 Å². The second kappa shape index (κ2) is 8.12. The van der Waals surface area contributed by atoms with Crippen molar-refractivity contribution >= 4 is 34.1 Å². The van der Waals surface area contributed by atoms with Crippen LogP contribution in [-0.2, 0) is 4.79 Å². The van der Waals surface area contributed by atoms with Gasteiger partial charge in [-0.15, -0.1) is 0 Å². The summed E-state index contributed by atoms with van der Waals surface area (Å²) in [6, 6.07) is 13.6. The molecule has 0 bridgehead atoms. The van der Waals surface area contributed by atoms with Crippen LogP contribution in [0.3, 0.4) is 0 Å². The van der Waals surface area contributed by atoms with Crippen LogP contribution in [0.5, 0.6) is 5.75 Å². The Balaban J connectivity index is 1.22. The van der Waals surface area contributed by atoms with Gasteiger partial charge in [-0.1, -0.05) is 18.5 Å². The number of hydrogen-bond acceptors (Lipinski definition) is 3. The second-order valence-electron chi connectivity index (χ2n) is 8.60. The molecule has 2 aliphatic carbocycles. The third-order valence-electron chi connectivity index (χ3n) is 6.78. The van der Waals surface area contributed by atoms with Crippen molar-refractivity contribution in [3.8, 4) is 5.75 Å². The summed E-state index contributed by atoms with van der Waals surface area (Å²) in [4.78, 5) is 17.2. The maximum absolute atomic E-state index is 13.7. The lowest BCUT2D eigenvalue weighted by atomic mass is 9.93. The number of aromatic nitrogens is 1. The molecule has 5 rings (SSSR count). The first-order chi connectivity index (χ1) is 15.0. The van der Waals surface area contributed by atoms with Crippen LogP contribution in [0.2, 0.25) is 5.02 Å². The van der Waals surface area contributed by atoms with Crippen molar-refractivity contribution in [1.29, 1.82) is 0 Å². The number of rotatable bonds is 6. The first kappa shape index (κ1) is 20.3. The molecule has 1 N–H and O–H groups in total. The van der Waals surface area contributed by atoms with Crippen LogP contribution in [0.4, 0.5) is 10.1 Å². The van der Waals surface area contributed by atoms with Gasteiger partial charge in [-0.05, 0) is 85.5 Å². The SMILES string of the molecule is CCC(C(=O)Nc1ccc(Cl)cc1)[C@@H]1[C@@H]2C[C@@H](Oc3ccnc4ccc(F)cc34)C[C@@H]21. The minimum Gasteiger partial charge on any atom is -0.490 e. The van der Waals surface area contributed by atoms with E-state index in [2.05, 4.69) is 17.2 Å². The van der Waals surface area contributed by atoms with Crippen LogP contribution in [0, 0.1) is 29.5 Å². The van der Waals surface area contributed by atoms with E-state index in [9.17, 15) is 9.18 Å². The summed E-state index contributed by atoms with van der Waals surface area (Å²) in [6.45, 7) is 2.08. The summed E-state index contributed by atoms with van der Waals surface area (Å²) in [5.41, 5.74) is 1.50. The minimum absolute atomic E-state index is 0.00230. The molecule has 160 valence electrons. The van der Waals surface area contributed by atoms with E-state index >= 15 is 0 Å². The molecule has 1 heterocycles. The van der Waals surface area contributed by atoms with E-state index in [4.69, 9.17) is 16.3 Å². The molecule has 4 nitrogen and oxygen atoms in total. The van der Waals surface area contributed by atoms with E-state index < -0.39 is 0 Å². The molecule has 6 heteroatoms. The fourth-order valence-corrected chi connectivity index (χ4v) is 5.44. The normalized spacial score (nSPS) is 25.1. The molecule has 2 fully saturated rings. The molecule has 0 saturated heterocycles. The molecule has 0 aliphatic heterocycles. The number of pyridine rings is 1. The van der Waals surface area contributed by atoms with Gasteiger partial charge in [-0.25, -0.2) is 4.39 Å². The van der Waals surface area contributed by atoms with Gasteiger partial charge in [-0.3, -0.25) is 9.78 Å². The lowest BCUT2D eigenvalue weighted by molar-refractivity contribution is -0.121. The Kier molecular flexibility index (Phi) is 5.30. The number of anilines is 1. The Morgan fingerprint density at radius 3 is 2.65 bits per heavy atom. The molecule has 5 atom stereocenters. The number of halogens is 2. The van der Waals surface area contributed by atoms with Crippen molar-refractivity contribution in [1.82, 2.24) is 4.98 Å². The van der Waals surface area contributed by atoms with Crippen molar-refractivity contribution in [2.45, 2.75) is 32.3 Å². The van der Waals surface area contributed by atoms with Gasteiger partial charge in [0, 0.05) is 28.2 Å². The number of carbonyl (C=O) groups excluding carboxylic acids is 1. The fourth-order valence-electron chi connectivity index (χ4n) is 5.31. The van der Waals surface area contributed by atoms with Crippen LogP contribution in [0.1, 0.15) is 26.2 Å². The lowest BCUT2D eigenvalue weighted by Gasteiger charge is -2.21. The van der Waals surface area contributed by atoms with E-state index in [0.29, 0.717) is 33.9 Å². The van der Waals surface area contributed by atoms with Crippen LogP contribution in [0.25, 0.3) is 10.9 Å². The van der Waals surface area contributed by atoms with Gasteiger partial charge in [0.25, 0.3) is 0 Å². The first-order valence-corrected chi connectivity index (χ1v) is 11.2. The zero-order valence-corrected chi connectivity index (χ0v) is 18.0. The molecular weight excluding hydrogens is 415 g/mol. The summed E-state index contributed by atoms with van der Waals surface area (Å²) in [5, 5.41) is 4.39. The highest BCUT2D eigenvalue weighted by Crippen LogP contribution is 2.62. The number of nitrogens with zero attached hydrogens (tertiary/aromatic N) is 1. The lowest BCUT2D eigenvalue weighted by Crippen LogP contribution is -2.27. The van der Waals surface area contributed by atoms with Crippen LogP contribution >= 0.6 is 11.6 Å². The number of nitrogens with one attached hydrogen (secondary N) is 1. The third-order valence-corrected chi connectivity index (χ3v) is 7.03. The van der Waals surface area contributed by atoms with Gasteiger partial charge in [0.05, 0.1) is 11.6 Å². The smallest absolute Gasteiger partial charge is 0.227 e. The average Bonchev–Trinajstić information content (AvgIpc) is 3.23. The summed E-state index contributed by atoms with van der Waals surface area (Å²) < 4.78 is 20.0. The third kappa shape index (κ3) is 3.99. The van der Waals surface area contributed by atoms with Gasteiger partial charge >= 0.3 is 0 Å². The minimum atomic E-state index is -0.294. The monoisotopic (exact) mass is 438 g/mol. The standard InChI is InChI=1S/C25H24ClFN2O2/c1-2-18(25(30)29-16-6-3-14(26)4-7-16)24-19-12-17(13-20(19)24)31-23-9-10-28-22-8-5-15(27)11-21(22)23/h3-11,17-20,24H,2,12-13H2,1H3,(H,29,30)/t17-,18?,19-,20+,24-. The van der Waals surface area contributed by atoms with Gasteiger partial charge in [0.1, 0.15) is 11.6 Å². The maximum atomic E-state index is 13.7. The summed E-state index contributed by atoms with van der Waals surface area (Å²) in [5.74, 6) is 1.90. The van der Waals surface area contributed by atoms with Crippen molar-refractivity contribution in [3.63, 3.8) is 0 Å². The van der Waals surface area contributed by atoms with Gasteiger partial charge in [0.15, 0.2) is 0 Å². The molecule has 2 saturated carbocycles. The predicted molar refractivity (Wildman–Crippen MR) is 120 cm³/mol. The van der Waals surface area contributed by atoms with E-state index in [0.717, 1.165) is 30.5 Å². The highest BCUT2D eigenvalue weighted by atomic mass is 35.5. The quantitative estimate of drug-likeness (QED) is 0.506. The van der Waals surface area contributed by atoms with Crippen molar-refractivity contribution in [2.24, 2.45) is 23.7 Å². The number of ether oxygens (including phenoxy) is 1. The van der Waals surface area contributed by atoms with Crippen LogP contribution in [0.15, 0.2) is 54.7 Å².